The molecule has 0 heterocycles. The molecule has 1 unspecified atom stereocenters. The number of carbonyl (C=O) groups is 1. The Morgan fingerprint density at radius 1 is 0.482 bits per heavy atom. The number of carbonyl (C=O) groups excluding carboxylic acids is 1. The average molecular weight is 819 g/mol. The Balaban J connectivity index is 4.12. The Hall–Kier alpha value is -0.500. The van der Waals surface area contributed by atoms with Crippen LogP contribution in [0, 0.1) is 0 Å². The van der Waals surface area contributed by atoms with E-state index in [0.717, 1.165) is 32.1 Å². The van der Waals surface area contributed by atoms with E-state index in [4.69, 9.17) is 18.5 Å². The van der Waals surface area contributed by atoms with Crippen molar-refractivity contribution in [2.75, 3.05) is 54.1 Å². The second-order valence-corrected chi connectivity index (χ2v) is 19.3. The predicted molar refractivity (Wildman–Crippen MR) is 238 cm³/mol. The maximum Gasteiger partial charge on any atom is 0.472 e. The summed E-state index contributed by atoms with van der Waals surface area (Å²) in [7, 11) is 1.69. The number of ether oxygens (including phenoxy) is 2. The summed E-state index contributed by atoms with van der Waals surface area (Å²) < 4.78 is 35.1. The van der Waals surface area contributed by atoms with Crippen molar-refractivity contribution in [3.8, 4) is 0 Å². The van der Waals surface area contributed by atoms with Crippen LogP contribution in [0.2, 0.25) is 0 Å². The number of phosphoric acid groups is 1. The first-order valence-electron chi connectivity index (χ1n) is 24.3. The van der Waals surface area contributed by atoms with E-state index in [0.29, 0.717) is 24.1 Å². The molecule has 8 nitrogen and oxygen atoms in total. The Kier molecular flexibility index (Phi) is 40.9. The number of quaternary nitrogens is 1. The first-order chi connectivity index (χ1) is 27.1. The summed E-state index contributed by atoms with van der Waals surface area (Å²) in [5, 5.41) is 0. The second-order valence-electron chi connectivity index (χ2n) is 17.9. The Morgan fingerprint density at radius 3 is 1.18 bits per heavy atom. The van der Waals surface area contributed by atoms with Crippen LogP contribution in [0.1, 0.15) is 239 Å². The molecule has 0 rings (SSSR count). The molecule has 336 valence electrons. The van der Waals surface area contributed by atoms with E-state index in [1.165, 1.54) is 186 Å². The van der Waals surface area contributed by atoms with Gasteiger partial charge in [-0.25, -0.2) is 4.57 Å². The van der Waals surface area contributed by atoms with Crippen LogP contribution in [0.4, 0.5) is 0 Å². The number of likely N-dealkylation sites (N-methyl/N-ethyl adjacent to an activating group) is 1. The van der Waals surface area contributed by atoms with Crippen molar-refractivity contribution in [1.29, 1.82) is 0 Å². The van der Waals surface area contributed by atoms with Gasteiger partial charge in [-0.15, -0.1) is 0 Å². The zero-order valence-corrected chi connectivity index (χ0v) is 39.0. The summed E-state index contributed by atoms with van der Waals surface area (Å²) in [6, 6.07) is 0. The fourth-order valence-electron chi connectivity index (χ4n) is 7.14. The summed E-state index contributed by atoms with van der Waals surface area (Å²) in [6.07, 6.45) is 44.2. The van der Waals surface area contributed by atoms with Gasteiger partial charge in [-0.3, -0.25) is 13.8 Å². The lowest BCUT2D eigenvalue weighted by molar-refractivity contribution is -0.870. The summed E-state index contributed by atoms with van der Waals surface area (Å²) in [6.45, 7) is 5.69. The third kappa shape index (κ3) is 44.6. The monoisotopic (exact) mass is 819 g/mol. The van der Waals surface area contributed by atoms with E-state index in [1.54, 1.807) is 0 Å². The number of unbranched alkanes of at least 4 members (excludes halogenated alkanes) is 32. The molecule has 0 saturated carbocycles. The van der Waals surface area contributed by atoms with Crippen molar-refractivity contribution < 1.29 is 37.3 Å². The lowest BCUT2D eigenvalue weighted by Gasteiger charge is -2.24. The topological polar surface area (TPSA) is 91.3 Å². The van der Waals surface area contributed by atoms with Gasteiger partial charge in [0.25, 0.3) is 0 Å². The van der Waals surface area contributed by atoms with Crippen LogP contribution in [0.5, 0.6) is 0 Å². The van der Waals surface area contributed by atoms with Crippen molar-refractivity contribution >= 4 is 13.8 Å². The van der Waals surface area contributed by atoms with Crippen LogP contribution in [0.3, 0.4) is 0 Å². The number of esters is 1. The van der Waals surface area contributed by atoms with Crippen molar-refractivity contribution in [2.45, 2.75) is 245 Å². The molecule has 56 heavy (non-hydrogen) atoms. The highest BCUT2D eigenvalue weighted by atomic mass is 31.2. The third-order valence-electron chi connectivity index (χ3n) is 10.9. The van der Waals surface area contributed by atoms with Gasteiger partial charge in [0.15, 0.2) is 0 Å². The van der Waals surface area contributed by atoms with Gasteiger partial charge in [0.05, 0.1) is 34.4 Å². The molecule has 0 aliphatic heterocycles. The molecule has 0 saturated heterocycles. The van der Waals surface area contributed by atoms with Crippen molar-refractivity contribution in [1.82, 2.24) is 0 Å². The van der Waals surface area contributed by atoms with Crippen molar-refractivity contribution in [3.05, 3.63) is 0 Å². The molecule has 1 N–H and O–H groups in total. The standard InChI is InChI=1S/C47H96NO7P/c1-6-8-10-12-14-16-18-20-22-24-25-27-29-31-33-35-37-39-42-52-44-46(45-54-56(50,51)53-43-41-48(3,4)5)55-47(49)40-38-36-34-32-30-28-26-23-21-19-17-15-13-11-9-7-2/h46H,6-45H2,1-5H3/p+1/t46-/m1/s1. The number of nitrogens with zero attached hydrogens (tertiary/aromatic N) is 1. The quantitative estimate of drug-likeness (QED) is 0.0283. The first-order valence-corrected chi connectivity index (χ1v) is 25.8. The summed E-state index contributed by atoms with van der Waals surface area (Å²) in [5.41, 5.74) is 0. The molecule has 2 atom stereocenters. The molecule has 0 aromatic carbocycles. The predicted octanol–water partition coefficient (Wildman–Crippen LogP) is 14.4. The van der Waals surface area contributed by atoms with Gasteiger partial charge in [0, 0.05) is 13.0 Å². The van der Waals surface area contributed by atoms with Gasteiger partial charge in [0.1, 0.15) is 19.3 Å². The fourth-order valence-corrected chi connectivity index (χ4v) is 7.89. The van der Waals surface area contributed by atoms with Gasteiger partial charge in [-0.2, -0.15) is 0 Å². The smallest absolute Gasteiger partial charge is 0.457 e. The van der Waals surface area contributed by atoms with Gasteiger partial charge >= 0.3 is 13.8 Å². The minimum absolute atomic E-state index is 0.0941. The van der Waals surface area contributed by atoms with Crippen LogP contribution in [-0.2, 0) is 27.9 Å². The van der Waals surface area contributed by atoms with E-state index >= 15 is 0 Å². The molecular formula is C47H97NO7P+. The molecule has 0 aromatic rings. The average Bonchev–Trinajstić information content (AvgIpc) is 3.15. The van der Waals surface area contributed by atoms with E-state index in [2.05, 4.69) is 13.8 Å². The maximum absolute atomic E-state index is 12.7. The SMILES string of the molecule is CCCCCCCCCCCCCCCCCCCCOC[C@H](COP(=O)(O)OCC[N+](C)(C)C)OC(=O)CCCCCCCCCCCCCCCCCC. The second kappa shape index (κ2) is 41.2. The Morgan fingerprint density at radius 2 is 0.821 bits per heavy atom. The minimum atomic E-state index is -4.27. The molecule has 0 aromatic heterocycles. The maximum atomic E-state index is 12.7. The zero-order valence-electron chi connectivity index (χ0n) is 38.2. The third-order valence-corrected chi connectivity index (χ3v) is 11.9. The van der Waals surface area contributed by atoms with Crippen LogP contribution in [0.25, 0.3) is 0 Å². The molecule has 0 amide bonds. The lowest BCUT2D eigenvalue weighted by atomic mass is 10.0. The minimum Gasteiger partial charge on any atom is -0.457 e. The highest BCUT2D eigenvalue weighted by Crippen LogP contribution is 2.43. The molecule has 0 aliphatic rings. The summed E-state index contributed by atoms with van der Waals surface area (Å²) in [5.74, 6) is -0.306. The van der Waals surface area contributed by atoms with Crippen LogP contribution >= 0.6 is 7.82 Å². The van der Waals surface area contributed by atoms with E-state index < -0.39 is 13.9 Å². The Bertz CT molecular complexity index is 868. The summed E-state index contributed by atoms with van der Waals surface area (Å²) in [4.78, 5) is 22.9. The zero-order chi connectivity index (χ0) is 41.3. The van der Waals surface area contributed by atoms with E-state index in [1.807, 2.05) is 21.1 Å². The van der Waals surface area contributed by atoms with Crippen LogP contribution < -0.4 is 0 Å². The lowest BCUT2D eigenvalue weighted by Crippen LogP contribution is -2.37. The van der Waals surface area contributed by atoms with Gasteiger partial charge in [-0.05, 0) is 12.8 Å². The molecule has 0 radical (unpaired) electrons. The largest absolute Gasteiger partial charge is 0.472 e. The first kappa shape index (κ1) is 55.5. The Labute approximate surface area is 348 Å². The van der Waals surface area contributed by atoms with Crippen molar-refractivity contribution in [3.63, 3.8) is 0 Å². The number of hydrogen-bond acceptors (Lipinski definition) is 6. The molecular weight excluding hydrogens is 721 g/mol. The van der Waals surface area contributed by atoms with Crippen molar-refractivity contribution in [2.24, 2.45) is 0 Å². The molecule has 0 aliphatic carbocycles. The molecule has 9 heteroatoms. The van der Waals surface area contributed by atoms with E-state index in [-0.39, 0.29) is 25.8 Å². The fraction of sp³-hybridized carbons (Fsp3) is 0.979. The highest BCUT2D eigenvalue weighted by molar-refractivity contribution is 7.47. The highest BCUT2D eigenvalue weighted by Gasteiger charge is 2.26. The molecule has 0 bridgehead atoms. The number of hydrogen-bond donors (Lipinski definition) is 1. The van der Waals surface area contributed by atoms with Crippen LogP contribution in [-0.4, -0.2) is 75.6 Å². The van der Waals surface area contributed by atoms with Crippen LogP contribution in [0.15, 0.2) is 0 Å². The molecule has 0 fully saturated rings. The summed E-state index contributed by atoms with van der Waals surface area (Å²) >= 11 is 0. The van der Waals surface area contributed by atoms with Gasteiger partial charge < -0.3 is 18.9 Å². The number of rotatable bonds is 46. The molecule has 0 spiro atoms. The van der Waals surface area contributed by atoms with E-state index in [9.17, 15) is 14.3 Å². The number of phosphoric ester groups is 1. The van der Waals surface area contributed by atoms with Gasteiger partial charge in [0.2, 0.25) is 0 Å². The normalized spacial score (nSPS) is 13.6. The van der Waals surface area contributed by atoms with Gasteiger partial charge in [-0.1, -0.05) is 219 Å².